The van der Waals surface area contributed by atoms with Crippen molar-refractivity contribution in [3.8, 4) is 17.7 Å². The maximum Gasteiger partial charge on any atom is 0.328 e. The summed E-state index contributed by atoms with van der Waals surface area (Å²) in [4.78, 5) is 28.2. The third-order valence-electron chi connectivity index (χ3n) is 3.64. The Labute approximate surface area is 136 Å². The minimum Gasteiger partial charge on any atom is -0.494 e. The number of allylic oxidation sites excluding steroid dienone is 1. The number of aromatic nitrogens is 2. The summed E-state index contributed by atoms with van der Waals surface area (Å²) in [5, 5.41) is 9.43. The SMILES string of the molecule is CCOc1ccc([C@@H]2C(C#N)=C(N)Oc3[nH]c(=O)[nH]c(=O)c32)cc1. The van der Waals surface area contributed by atoms with Crippen molar-refractivity contribution in [2.24, 2.45) is 5.73 Å². The third kappa shape index (κ3) is 2.52. The Bertz CT molecular complexity index is 963. The van der Waals surface area contributed by atoms with E-state index in [9.17, 15) is 14.9 Å². The van der Waals surface area contributed by atoms with Crippen LogP contribution in [0.5, 0.6) is 11.6 Å². The van der Waals surface area contributed by atoms with Gasteiger partial charge in [-0.15, -0.1) is 0 Å². The van der Waals surface area contributed by atoms with E-state index < -0.39 is 17.2 Å². The van der Waals surface area contributed by atoms with Crippen LogP contribution in [0.1, 0.15) is 24.0 Å². The quantitative estimate of drug-likeness (QED) is 0.759. The highest BCUT2D eigenvalue weighted by atomic mass is 16.5. The highest BCUT2D eigenvalue weighted by Gasteiger charge is 2.34. The molecule has 0 spiro atoms. The molecule has 0 amide bonds. The highest BCUT2D eigenvalue weighted by molar-refractivity contribution is 5.53. The topological polar surface area (TPSA) is 134 Å². The second kappa shape index (κ2) is 5.96. The van der Waals surface area contributed by atoms with Crippen LogP contribution >= 0.6 is 0 Å². The summed E-state index contributed by atoms with van der Waals surface area (Å²) in [7, 11) is 0. The van der Waals surface area contributed by atoms with Gasteiger partial charge in [0.15, 0.2) is 0 Å². The molecule has 24 heavy (non-hydrogen) atoms. The van der Waals surface area contributed by atoms with Crippen molar-refractivity contribution < 1.29 is 9.47 Å². The molecule has 1 aliphatic rings. The van der Waals surface area contributed by atoms with Crippen LogP contribution in [0.2, 0.25) is 0 Å². The van der Waals surface area contributed by atoms with Crippen molar-refractivity contribution in [1.29, 1.82) is 5.26 Å². The predicted molar refractivity (Wildman–Crippen MR) is 84.6 cm³/mol. The van der Waals surface area contributed by atoms with Crippen molar-refractivity contribution in [1.82, 2.24) is 9.97 Å². The second-order valence-electron chi connectivity index (χ2n) is 5.08. The molecule has 0 radical (unpaired) electrons. The van der Waals surface area contributed by atoms with E-state index in [0.717, 1.165) is 0 Å². The van der Waals surface area contributed by atoms with Gasteiger partial charge in [-0.25, -0.2) is 4.79 Å². The maximum absolute atomic E-state index is 12.3. The Balaban J connectivity index is 2.20. The molecule has 122 valence electrons. The Hall–Kier alpha value is -3.47. The maximum atomic E-state index is 12.3. The van der Waals surface area contributed by atoms with Crippen molar-refractivity contribution >= 4 is 0 Å². The number of aromatic amines is 2. The number of rotatable bonds is 3. The van der Waals surface area contributed by atoms with Crippen molar-refractivity contribution in [3.63, 3.8) is 0 Å². The summed E-state index contributed by atoms with van der Waals surface area (Å²) in [6.07, 6.45) is 0. The number of H-pyrrole nitrogens is 2. The zero-order valence-corrected chi connectivity index (χ0v) is 12.8. The van der Waals surface area contributed by atoms with Gasteiger partial charge in [-0.2, -0.15) is 5.26 Å². The fourth-order valence-corrected chi connectivity index (χ4v) is 2.65. The number of nitrogens with two attached hydrogens (primary N) is 1. The number of nitrogens with one attached hydrogen (secondary N) is 2. The van der Waals surface area contributed by atoms with E-state index in [0.29, 0.717) is 17.9 Å². The van der Waals surface area contributed by atoms with Crippen molar-refractivity contribution in [2.45, 2.75) is 12.8 Å². The fraction of sp³-hybridized carbons (Fsp3) is 0.188. The molecule has 2 aromatic rings. The van der Waals surface area contributed by atoms with Crippen LogP contribution in [0, 0.1) is 11.3 Å². The normalized spacial score (nSPS) is 16.1. The van der Waals surface area contributed by atoms with Gasteiger partial charge in [-0.1, -0.05) is 12.1 Å². The summed E-state index contributed by atoms with van der Waals surface area (Å²) < 4.78 is 10.6. The Kier molecular flexibility index (Phi) is 3.83. The van der Waals surface area contributed by atoms with Gasteiger partial charge in [0.25, 0.3) is 5.56 Å². The van der Waals surface area contributed by atoms with Gasteiger partial charge in [-0.3, -0.25) is 14.8 Å². The summed E-state index contributed by atoms with van der Waals surface area (Å²) in [6, 6.07) is 8.92. The van der Waals surface area contributed by atoms with Gasteiger partial charge in [0.1, 0.15) is 17.4 Å². The molecule has 0 saturated carbocycles. The molecule has 1 atom stereocenters. The molecule has 4 N–H and O–H groups in total. The van der Waals surface area contributed by atoms with Gasteiger partial charge in [0, 0.05) is 0 Å². The molecular weight excluding hydrogens is 312 g/mol. The van der Waals surface area contributed by atoms with Gasteiger partial charge < -0.3 is 15.2 Å². The van der Waals surface area contributed by atoms with E-state index in [1.807, 2.05) is 13.0 Å². The van der Waals surface area contributed by atoms with E-state index in [4.69, 9.17) is 15.2 Å². The molecule has 2 heterocycles. The summed E-state index contributed by atoms with van der Waals surface area (Å²) in [6.45, 7) is 2.40. The first kappa shape index (κ1) is 15.4. The van der Waals surface area contributed by atoms with Crippen LogP contribution in [-0.2, 0) is 0 Å². The number of hydrogen-bond donors (Lipinski definition) is 3. The molecule has 8 heteroatoms. The minimum absolute atomic E-state index is 0.0564. The van der Waals surface area contributed by atoms with Crippen LogP contribution in [-0.4, -0.2) is 16.6 Å². The number of nitrogens with zero attached hydrogens (tertiary/aromatic N) is 1. The standard InChI is InChI=1S/C16H14N4O4/c1-2-23-9-5-3-8(4-6-9)11-10(7-17)13(18)24-15-12(11)14(21)19-16(22)20-15/h3-6,11H,2,18H2,1H3,(H2,19,20,21,22)/t11-/m1/s1. The third-order valence-corrected chi connectivity index (χ3v) is 3.64. The van der Waals surface area contributed by atoms with Crippen LogP contribution in [0.15, 0.2) is 45.3 Å². The molecular formula is C16H14N4O4. The fourth-order valence-electron chi connectivity index (χ4n) is 2.65. The van der Waals surface area contributed by atoms with Crippen molar-refractivity contribution in [3.05, 3.63) is 67.7 Å². The summed E-state index contributed by atoms with van der Waals surface area (Å²) >= 11 is 0. The van der Waals surface area contributed by atoms with E-state index in [2.05, 4.69) is 9.97 Å². The number of nitriles is 1. The van der Waals surface area contributed by atoms with Crippen LogP contribution in [0.3, 0.4) is 0 Å². The van der Waals surface area contributed by atoms with Crippen LogP contribution < -0.4 is 26.5 Å². The first-order valence-electron chi connectivity index (χ1n) is 7.22. The first-order valence-corrected chi connectivity index (χ1v) is 7.22. The van der Waals surface area contributed by atoms with Crippen molar-refractivity contribution in [2.75, 3.05) is 6.61 Å². The number of benzene rings is 1. The lowest BCUT2D eigenvalue weighted by molar-refractivity contribution is 0.340. The van der Waals surface area contributed by atoms with Crippen LogP contribution in [0.4, 0.5) is 0 Å². The largest absolute Gasteiger partial charge is 0.494 e. The second-order valence-corrected chi connectivity index (χ2v) is 5.08. The molecule has 0 fully saturated rings. The number of hydrogen-bond acceptors (Lipinski definition) is 6. The van der Waals surface area contributed by atoms with Gasteiger partial charge in [0.05, 0.1) is 18.1 Å². The van der Waals surface area contributed by atoms with Gasteiger partial charge >= 0.3 is 5.69 Å². The summed E-state index contributed by atoms with van der Waals surface area (Å²) in [5.41, 5.74) is 5.33. The zero-order valence-electron chi connectivity index (χ0n) is 12.8. The molecule has 1 aliphatic heterocycles. The molecule has 0 bridgehead atoms. The average molecular weight is 326 g/mol. The molecule has 1 aromatic carbocycles. The zero-order chi connectivity index (χ0) is 17.3. The first-order chi connectivity index (χ1) is 11.5. The predicted octanol–water partition coefficient (Wildman–Crippen LogP) is 0.680. The monoisotopic (exact) mass is 326 g/mol. The average Bonchev–Trinajstić information content (AvgIpc) is 2.54. The Morgan fingerprint density at radius 1 is 1.29 bits per heavy atom. The molecule has 3 rings (SSSR count). The molecule has 0 unspecified atom stereocenters. The molecule has 8 nitrogen and oxygen atoms in total. The number of ether oxygens (including phenoxy) is 2. The van der Waals surface area contributed by atoms with Gasteiger partial charge in [-0.05, 0) is 24.6 Å². The minimum atomic E-state index is -0.741. The van der Waals surface area contributed by atoms with Crippen LogP contribution in [0.25, 0.3) is 0 Å². The van der Waals surface area contributed by atoms with Gasteiger partial charge in [0.2, 0.25) is 11.8 Å². The number of fused-ring (bicyclic) bond motifs is 1. The Morgan fingerprint density at radius 2 is 2.00 bits per heavy atom. The lowest BCUT2D eigenvalue weighted by Crippen LogP contribution is -2.33. The molecule has 0 aliphatic carbocycles. The Morgan fingerprint density at radius 3 is 2.62 bits per heavy atom. The molecule has 1 aromatic heterocycles. The van der Waals surface area contributed by atoms with E-state index >= 15 is 0 Å². The smallest absolute Gasteiger partial charge is 0.328 e. The molecule has 0 saturated heterocycles. The van der Waals surface area contributed by atoms with E-state index in [-0.39, 0.29) is 22.9 Å². The summed E-state index contributed by atoms with van der Waals surface area (Å²) in [5.74, 6) is -0.279. The lowest BCUT2D eigenvalue weighted by atomic mass is 9.85. The lowest BCUT2D eigenvalue weighted by Gasteiger charge is -2.24. The van der Waals surface area contributed by atoms with E-state index in [1.54, 1.807) is 24.3 Å². The van der Waals surface area contributed by atoms with E-state index in [1.165, 1.54) is 0 Å². The highest BCUT2D eigenvalue weighted by Crippen LogP contribution is 2.38.